The number of aromatic nitrogens is 1. The molecular weight excluding hydrogens is 579 g/mol. The van der Waals surface area contributed by atoms with Gasteiger partial charge in [0.15, 0.2) is 0 Å². The highest BCUT2D eigenvalue weighted by molar-refractivity contribution is 6.09. The number of rotatable bonds is 6. The van der Waals surface area contributed by atoms with Crippen LogP contribution in [0.1, 0.15) is 47.6 Å². The van der Waals surface area contributed by atoms with Crippen molar-refractivity contribution in [2.75, 3.05) is 0 Å². The minimum Gasteiger partial charge on any atom is -0.309 e. The van der Waals surface area contributed by atoms with Crippen LogP contribution in [0.2, 0.25) is 0 Å². The Kier molecular flexibility index (Phi) is 6.69. The highest BCUT2D eigenvalue weighted by Crippen LogP contribution is 2.49. The fourth-order valence-corrected chi connectivity index (χ4v) is 8.14. The minimum absolute atomic E-state index is 0.0000739. The number of hydrogen-bond acceptors (Lipinski definition) is 0. The van der Waals surface area contributed by atoms with Crippen LogP contribution < -0.4 is 0 Å². The molecule has 1 nitrogen and oxygen atoms in total. The number of para-hydroxylation sites is 2. The summed E-state index contributed by atoms with van der Waals surface area (Å²) in [6, 6.07) is 62.8. The molecule has 0 fully saturated rings. The van der Waals surface area contributed by atoms with Gasteiger partial charge >= 0.3 is 0 Å². The van der Waals surface area contributed by atoms with Gasteiger partial charge in [-0.25, -0.2) is 0 Å². The summed E-state index contributed by atoms with van der Waals surface area (Å²) in [5.41, 5.74) is 15.8. The average molecular weight is 616 g/mol. The summed E-state index contributed by atoms with van der Waals surface area (Å²) in [5.74, 6) is 0.218. The Morgan fingerprint density at radius 3 is 1.75 bits per heavy atom. The second-order valence-electron chi connectivity index (χ2n) is 13.8. The van der Waals surface area contributed by atoms with Gasteiger partial charge in [-0.2, -0.15) is 0 Å². The standard InChI is InChI=1S/C47H37N/c1-47(2)43-17-9-6-14-38(43)42-31-36(26-29-44(42)47)41(35-24-22-34(23-25-35)33-12-4-3-5-13-33)30-32-20-27-37(28-21-32)48-45-18-10-7-15-39(45)40-16-8-11-19-46(40)48/h3-29,31,41H,30H2,1-2H3. The summed E-state index contributed by atoms with van der Waals surface area (Å²) in [6.45, 7) is 4.71. The van der Waals surface area contributed by atoms with Gasteiger partial charge in [0.05, 0.1) is 11.0 Å². The Labute approximate surface area is 282 Å². The monoisotopic (exact) mass is 615 g/mol. The maximum absolute atomic E-state index is 2.48. The van der Waals surface area contributed by atoms with Crippen molar-refractivity contribution < 1.29 is 0 Å². The molecule has 0 amide bonds. The van der Waals surface area contributed by atoms with Crippen LogP contribution in [0.5, 0.6) is 0 Å². The van der Waals surface area contributed by atoms with Gasteiger partial charge in [-0.1, -0.05) is 159 Å². The van der Waals surface area contributed by atoms with Crippen molar-refractivity contribution in [1.29, 1.82) is 0 Å². The van der Waals surface area contributed by atoms with E-state index in [0.717, 1.165) is 6.42 Å². The number of hydrogen-bond donors (Lipinski definition) is 0. The summed E-state index contributed by atoms with van der Waals surface area (Å²) < 4.78 is 2.40. The molecular formula is C47H37N. The molecule has 230 valence electrons. The Morgan fingerprint density at radius 2 is 1.04 bits per heavy atom. The van der Waals surface area contributed by atoms with Gasteiger partial charge in [0, 0.05) is 27.8 Å². The van der Waals surface area contributed by atoms with Gasteiger partial charge in [0.1, 0.15) is 0 Å². The molecule has 1 aromatic heterocycles. The molecule has 8 aromatic rings. The third kappa shape index (κ3) is 4.61. The highest BCUT2D eigenvalue weighted by Gasteiger charge is 2.35. The molecule has 1 atom stereocenters. The zero-order chi connectivity index (χ0) is 32.2. The second kappa shape index (κ2) is 11.2. The molecule has 0 N–H and O–H groups in total. The van der Waals surface area contributed by atoms with Crippen LogP contribution in [0, 0.1) is 0 Å². The summed E-state index contributed by atoms with van der Waals surface area (Å²) >= 11 is 0. The van der Waals surface area contributed by atoms with E-state index in [9.17, 15) is 0 Å². The van der Waals surface area contributed by atoms with Crippen molar-refractivity contribution in [2.24, 2.45) is 0 Å². The first kappa shape index (κ1) is 28.6. The largest absolute Gasteiger partial charge is 0.309 e. The van der Waals surface area contributed by atoms with Crippen molar-refractivity contribution in [3.05, 3.63) is 198 Å². The Balaban J connectivity index is 1.12. The molecule has 0 saturated carbocycles. The third-order valence-corrected chi connectivity index (χ3v) is 10.6. The van der Waals surface area contributed by atoms with E-state index in [1.54, 1.807) is 0 Å². The molecule has 1 heteroatoms. The van der Waals surface area contributed by atoms with Crippen molar-refractivity contribution in [1.82, 2.24) is 4.57 Å². The molecule has 0 aliphatic heterocycles. The summed E-state index contributed by atoms with van der Waals surface area (Å²) in [4.78, 5) is 0. The molecule has 0 radical (unpaired) electrons. The molecule has 0 saturated heterocycles. The number of fused-ring (bicyclic) bond motifs is 6. The predicted octanol–water partition coefficient (Wildman–Crippen LogP) is 12.1. The summed E-state index contributed by atoms with van der Waals surface area (Å²) in [6.07, 6.45) is 0.919. The van der Waals surface area contributed by atoms with E-state index in [4.69, 9.17) is 0 Å². The Hall–Kier alpha value is -5.66. The SMILES string of the molecule is CC1(C)c2ccccc2-c2cc(C(Cc3ccc(-n4c5ccccc5c5ccccc54)cc3)c3ccc(-c4ccccc4)cc3)ccc21. The molecule has 0 spiro atoms. The van der Waals surface area contributed by atoms with Crippen molar-refractivity contribution in [3.8, 4) is 27.9 Å². The van der Waals surface area contributed by atoms with E-state index in [-0.39, 0.29) is 11.3 Å². The lowest BCUT2D eigenvalue weighted by Gasteiger charge is -2.23. The zero-order valence-electron chi connectivity index (χ0n) is 27.4. The zero-order valence-corrected chi connectivity index (χ0v) is 27.4. The quantitative estimate of drug-likeness (QED) is 0.175. The topological polar surface area (TPSA) is 4.93 Å². The molecule has 9 rings (SSSR count). The van der Waals surface area contributed by atoms with Crippen LogP contribution in [-0.4, -0.2) is 4.57 Å². The lowest BCUT2D eigenvalue weighted by molar-refractivity contribution is 0.659. The first-order valence-corrected chi connectivity index (χ1v) is 17.0. The minimum atomic E-state index is -0.0000739. The number of benzene rings is 7. The first-order valence-electron chi connectivity index (χ1n) is 17.0. The molecule has 1 aliphatic rings. The van der Waals surface area contributed by atoms with E-state index in [0.29, 0.717) is 0 Å². The molecule has 1 aliphatic carbocycles. The van der Waals surface area contributed by atoms with Crippen LogP contribution in [0.25, 0.3) is 49.7 Å². The molecule has 48 heavy (non-hydrogen) atoms. The third-order valence-electron chi connectivity index (χ3n) is 10.6. The molecule has 0 bridgehead atoms. The fourth-order valence-electron chi connectivity index (χ4n) is 8.14. The molecule has 7 aromatic carbocycles. The summed E-state index contributed by atoms with van der Waals surface area (Å²) in [7, 11) is 0. The lowest BCUT2D eigenvalue weighted by Crippen LogP contribution is -2.15. The van der Waals surface area contributed by atoms with E-state index >= 15 is 0 Å². The smallest absolute Gasteiger partial charge is 0.0541 e. The predicted molar refractivity (Wildman–Crippen MR) is 202 cm³/mol. The van der Waals surface area contributed by atoms with E-state index in [1.165, 1.54) is 77.6 Å². The van der Waals surface area contributed by atoms with Gasteiger partial charge < -0.3 is 4.57 Å². The van der Waals surface area contributed by atoms with Crippen LogP contribution >= 0.6 is 0 Å². The fraction of sp³-hybridized carbons (Fsp3) is 0.106. The van der Waals surface area contributed by atoms with Crippen LogP contribution in [0.4, 0.5) is 0 Å². The lowest BCUT2D eigenvalue weighted by atomic mass is 9.80. The van der Waals surface area contributed by atoms with Crippen LogP contribution in [-0.2, 0) is 11.8 Å². The van der Waals surface area contributed by atoms with Crippen LogP contribution in [0.15, 0.2) is 170 Å². The van der Waals surface area contributed by atoms with Gasteiger partial charge in [-0.15, -0.1) is 0 Å². The van der Waals surface area contributed by atoms with Crippen LogP contribution in [0.3, 0.4) is 0 Å². The van der Waals surface area contributed by atoms with Crippen molar-refractivity contribution >= 4 is 21.8 Å². The second-order valence-corrected chi connectivity index (χ2v) is 13.8. The van der Waals surface area contributed by atoms with E-state index in [1.807, 2.05) is 0 Å². The van der Waals surface area contributed by atoms with Gasteiger partial charge in [0.25, 0.3) is 0 Å². The first-order chi connectivity index (χ1) is 23.6. The summed E-state index contributed by atoms with van der Waals surface area (Å²) in [5, 5.41) is 2.58. The Bertz CT molecular complexity index is 2370. The Morgan fingerprint density at radius 1 is 0.479 bits per heavy atom. The molecule has 1 unspecified atom stereocenters. The van der Waals surface area contributed by atoms with E-state index < -0.39 is 0 Å². The normalized spacial score (nSPS) is 13.8. The molecule has 1 heterocycles. The maximum Gasteiger partial charge on any atom is 0.0541 e. The average Bonchev–Trinajstić information content (AvgIpc) is 3.60. The maximum atomic E-state index is 2.48. The number of nitrogens with zero attached hydrogens (tertiary/aromatic N) is 1. The van der Waals surface area contributed by atoms with Gasteiger partial charge in [-0.3, -0.25) is 0 Å². The van der Waals surface area contributed by atoms with Gasteiger partial charge in [-0.05, 0) is 80.8 Å². The van der Waals surface area contributed by atoms with Gasteiger partial charge in [0.2, 0.25) is 0 Å². The highest BCUT2D eigenvalue weighted by atomic mass is 15.0. The van der Waals surface area contributed by atoms with Crippen molar-refractivity contribution in [2.45, 2.75) is 31.6 Å². The van der Waals surface area contributed by atoms with Crippen molar-refractivity contribution in [3.63, 3.8) is 0 Å². The van der Waals surface area contributed by atoms with E-state index in [2.05, 4.69) is 188 Å².